The van der Waals surface area contributed by atoms with Crippen molar-refractivity contribution in [3.8, 4) is 0 Å². The predicted molar refractivity (Wildman–Crippen MR) is 103 cm³/mol. The van der Waals surface area contributed by atoms with E-state index < -0.39 is 15.8 Å². The number of carboxylic acids is 1. The van der Waals surface area contributed by atoms with Crippen LogP contribution in [0.2, 0.25) is 0 Å². The number of hydrogen-bond donors (Lipinski definition) is 1. The molecular formula is C19H22ClNO5S. The van der Waals surface area contributed by atoms with E-state index in [0.29, 0.717) is 26.2 Å². The van der Waals surface area contributed by atoms with E-state index >= 15 is 0 Å². The van der Waals surface area contributed by atoms with Crippen molar-refractivity contribution in [1.29, 1.82) is 0 Å². The molecule has 1 heterocycles. The molecule has 0 spiro atoms. The smallest absolute Gasteiger partial charge is 0.304 e. The average molecular weight is 412 g/mol. The van der Waals surface area contributed by atoms with Crippen LogP contribution in [0.3, 0.4) is 0 Å². The molecule has 6 nitrogen and oxygen atoms in total. The fourth-order valence-corrected chi connectivity index (χ4v) is 4.24. The molecule has 27 heavy (non-hydrogen) atoms. The molecule has 1 atom stereocenters. The first-order chi connectivity index (χ1) is 12.5. The number of benzene rings is 2. The lowest BCUT2D eigenvalue weighted by molar-refractivity contribution is -0.137. The molecule has 8 heteroatoms. The van der Waals surface area contributed by atoms with Gasteiger partial charge >= 0.3 is 5.97 Å². The van der Waals surface area contributed by atoms with Gasteiger partial charge in [0.15, 0.2) is 0 Å². The number of halogens is 1. The van der Waals surface area contributed by atoms with Crippen LogP contribution in [0.4, 0.5) is 0 Å². The molecule has 2 aromatic carbocycles. The van der Waals surface area contributed by atoms with Gasteiger partial charge < -0.3 is 9.84 Å². The van der Waals surface area contributed by atoms with Crippen LogP contribution in [0.15, 0.2) is 64.4 Å². The maximum Gasteiger partial charge on any atom is 0.304 e. The molecule has 3 rings (SSSR count). The highest BCUT2D eigenvalue weighted by Gasteiger charge is 2.23. The van der Waals surface area contributed by atoms with Gasteiger partial charge in [-0.05, 0) is 29.8 Å². The minimum atomic E-state index is -3.53. The molecule has 1 aliphatic rings. The molecule has 0 bridgehead atoms. The van der Waals surface area contributed by atoms with Crippen LogP contribution in [0.5, 0.6) is 0 Å². The van der Waals surface area contributed by atoms with Crippen molar-refractivity contribution >= 4 is 28.2 Å². The summed E-state index contributed by atoms with van der Waals surface area (Å²) in [5.41, 5.74) is 0.886. The van der Waals surface area contributed by atoms with E-state index in [1.807, 2.05) is 0 Å². The van der Waals surface area contributed by atoms with Crippen LogP contribution < -0.4 is 0 Å². The first kappa shape index (κ1) is 21.4. The summed E-state index contributed by atoms with van der Waals surface area (Å²) in [7, 11) is -3.53. The topological polar surface area (TPSA) is 83.9 Å². The monoisotopic (exact) mass is 411 g/mol. The van der Waals surface area contributed by atoms with E-state index in [1.165, 1.54) is 0 Å². The van der Waals surface area contributed by atoms with Gasteiger partial charge in [-0.25, -0.2) is 8.42 Å². The molecule has 2 aromatic rings. The summed E-state index contributed by atoms with van der Waals surface area (Å²) in [6.45, 7) is 2.30. The lowest BCUT2D eigenvalue weighted by Gasteiger charge is -2.32. The molecule has 1 N–H and O–H groups in total. The highest BCUT2D eigenvalue weighted by atomic mass is 35.5. The van der Waals surface area contributed by atoms with Gasteiger partial charge in [-0.2, -0.15) is 0 Å². The van der Waals surface area contributed by atoms with Crippen molar-refractivity contribution < 1.29 is 23.1 Å². The number of hydrogen-bond acceptors (Lipinski definition) is 5. The first-order valence-corrected chi connectivity index (χ1v) is 9.91. The normalized spacial score (nSPS) is 17.9. The molecule has 0 saturated carbocycles. The van der Waals surface area contributed by atoms with E-state index in [2.05, 4.69) is 4.90 Å². The van der Waals surface area contributed by atoms with E-state index in [1.54, 1.807) is 54.6 Å². The summed E-state index contributed by atoms with van der Waals surface area (Å²) >= 11 is 0. The Morgan fingerprint density at radius 2 is 1.70 bits per heavy atom. The van der Waals surface area contributed by atoms with Gasteiger partial charge in [-0.15, -0.1) is 12.4 Å². The van der Waals surface area contributed by atoms with Gasteiger partial charge in [0.1, 0.15) is 0 Å². The molecule has 1 aliphatic heterocycles. The van der Waals surface area contributed by atoms with Gasteiger partial charge in [-0.1, -0.05) is 30.3 Å². The zero-order chi connectivity index (χ0) is 18.6. The summed E-state index contributed by atoms with van der Waals surface area (Å²) in [5.74, 6) is -0.816. The molecule has 0 aliphatic carbocycles. The van der Waals surface area contributed by atoms with Crippen molar-refractivity contribution in [2.24, 2.45) is 0 Å². The minimum Gasteiger partial charge on any atom is -0.481 e. The van der Waals surface area contributed by atoms with Crippen LogP contribution in [0, 0.1) is 0 Å². The second-order valence-electron chi connectivity index (χ2n) is 6.19. The van der Waals surface area contributed by atoms with Crippen LogP contribution in [0.25, 0.3) is 0 Å². The zero-order valence-electron chi connectivity index (χ0n) is 14.7. The standard InChI is InChI=1S/C19H21NO5S.ClH/c21-19(22)10-11-20-12-13-25-18(14-20)15-6-8-17(9-7-15)26(23,24)16-4-2-1-3-5-16;/h1-9,18H,10-14H2,(H,21,22);1H. The maximum absolute atomic E-state index is 12.6. The SMILES string of the molecule is Cl.O=C(O)CCN1CCOC(c2ccc(S(=O)(=O)c3ccccc3)cc2)C1. The van der Waals surface area contributed by atoms with Crippen LogP contribution in [-0.4, -0.2) is 50.6 Å². The number of ether oxygens (including phenoxy) is 1. The van der Waals surface area contributed by atoms with Crippen molar-refractivity contribution in [3.05, 3.63) is 60.2 Å². The Kier molecular flexibility index (Phi) is 7.38. The van der Waals surface area contributed by atoms with E-state index in [-0.39, 0.29) is 34.7 Å². The van der Waals surface area contributed by atoms with Crippen molar-refractivity contribution in [1.82, 2.24) is 4.90 Å². The van der Waals surface area contributed by atoms with Gasteiger partial charge in [0, 0.05) is 19.6 Å². The second kappa shape index (κ2) is 9.32. The number of rotatable bonds is 6. The number of sulfone groups is 1. The molecular weight excluding hydrogens is 390 g/mol. The van der Waals surface area contributed by atoms with E-state index in [9.17, 15) is 13.2 Å². The largest absolute Gasteiger partial charge is 0.481 e. The van der Waals surface area contributed by atoms with Crippen molar-refractivity contribution in [2.45, 2.75) is 22.3 Å². The maximum atomic E-state index is 12.6. The molecule has 1 saturated heterocycles. The molecule has 146 valence electrons. The number of aliphatic carboxylic acids is 1. The number of nitrogens with zero attached hydrogens (tertiary/aromatic N) is 1. The Balaban J connectivity index is 0.00000261. The predicted octanol–water partition coefficient (Wildman–Crippen LogP) is 2.79. The minimum absolute atomic E-state index is 0. The first-order valence-electron chi connectivity index (χ1n) is 8.42. The average Bonchev–Trinajstić information content (AvgIpc) is 2.67. The third-order valence-electron chi connectivity index (χ3n) is 4.41. The fraction of sp³-hybridized carbons (Fsp3) is 0.316. The number of carbonyl (C=O) groups is 1. The van der Waals surface area contributed by atoms with Gasteiger partial charge in [0.25, 0.3) is 0 Å². The number of carboxylic acid groups (broad SMARTS) is 1. The molecule has 0 amide bonds. The van der Waals surface area contributed by atoms with Crippen LogP contribution in [-0.2, 0) is 19.4 Å². The number of morpholine rings is 1. The summed E-state index contributed by atoms with van der Waals surface area (Å²) < 4.78 is 31.0. The van der Waals surface area contributed by atoms with Crippen LogP contribution in [0.1, 0.15) is 18.1 Å². The summed E-state index contributed by atoms with van der Waals surface area (Å²) in [5, 5.41) is 8.81. The van der Waals surface area contributed by atoms with Crippen LogP contribution >= 0.6 is 12.4 Å². The van der Waals surface area contributed by atoms with Gasteiger partial charge in [-0.3, -0.25) is 9.69 Å². The fourth-order valence-electron chi connectivity index (χ4n) is 2.96. The second-order valence-corrected chi connectivity index (χ2v) is 8.14. The molecule has 1 fully saturated rings. The Hall–Kier alpha value is -1.93. The van der Waals surface area contributed by atoms with Gasteiger partial charge in [0.2, 0.25) is 9.84 Å². The summed E-state index contributed by atoms with van der Waals surface area (Å²) in [6, 6.07) is 15.0. The highest BCUT2D eigenvalue weighted by molar-refractivity contribution is 7.91. The lowest BCUT2D eigenvalue weighted by Crippen LogP contribution is -2.39. The Bertz CT molecular complexity index is 855. The Morgan fingerprint density at radius 3 is 2.33 bits per heavy atom. The van der Waals surface area contributed by atoms with Crippen molar-refractivity contribution in [2.75, 3.05) is 26.2 Å². The summed E-state index contributed by atoms with van der Waals surface area (Å²) in [6.07, 6.45) is -0.0907. The highest BCUT2D eigenvalue weighted by Crippen LogP contribution is 2.26. The van der Waals surface area contributed by atoms with Crippen molar-refractivity contribution in [3.63, 3.8) is 0 Å². The van der Waals surface area contributed by atoms with E-state index in [0.717, 1.165) is 5.56 Å². The third kappa shape index (κ3) is 5.29. The third-order valence-corrected chi connectivity index (χ3v) is 6.19. The molecule has 0 aromatic heterocycles. The Morgan fingerprint density at radius 1 is 1.07 bits per heavy atom. The zero-order valence-corrected chi connectivity index (χ0v) is 16.3. The van der Waals surface area contributed by atoms with Gasteiger partial charge in [0.05, 0.1) is 28.9 Å². The summed E-state index contributed by atoms with van der Waals surface area (Å²) in [4.78, 5) is 13.3. The molecule has 0 radical (unpaired) electrons. The molecule has 1 unspecified atom stereocenters. The lowest BCUT2D eigenvalue weighted by atomic mass is 10.1. The van der Waals surface area contributed by atoms with E-state index in [4.69, 9.17) is 9.84 Å². The quantitative estimate of drug-likeness (QED) is 0.786. The Labute approximate surface area is 165 Å².